The molecule has 9 nitrogen and oxygen atoms in total. The van der Waals surface area contributed by atoms with E-state index in [0.717, 1.165) is 70.6 Å². The first kappa shape index (κ1) is 43.2. The van der Waals surface area contributed by atoms with E-state index < -0.39 is 36.1 Å². The number of primary amides is 1. The summed E-state index contributed by atoms with van der Waals surface area (Å²) in [6.07, 6.45) is -1.73. The van der Waals surface area contributed by atoms with E-state index in [9.17, 15) is 31.5 Å². The van der Waals surface area contributed by atoms with Crippen molar-refractivity contribution in [3.8, 4) is 22.6 Å². The first-order valence-electron chi connectivity index (χ1n) is 19.0. The second-order valence-electron chi connectivity index (χ2n) is 14.9. The lowest BCUT2D eigenvalue weighted by Gasteiger charge is -2.36. The minimum Gasteiger partial charge on any atom is -0.496 e. The summed E-state index contributed by atoms with van der Waals surface area (Å²) in [5.74, 6) is -0.851. The summed E-state index contributed by atoms with van der Waals surface area (Å²) in [4.78, 5) is 27.7. The second kappa shape index (κ2) is 18.5. The molecule has 2 saturated heterocycles. The van der Waals surface area contributed by atoms with Crippen LogP contribution in [0.25, 0.3) is 21.9 Å². The largest absolute Gasteiger partial charge is 0.496 e. The number of methoxy groups -OCH3 is 2. The number of carboxylic acid groups (broad SMARTS) is 1. The lowest BCUT2D eigenvalue weighted by Crippen LogP contribution is -2.49. The van der Waals surface area contributed by atoms with Gasteiger partial charge in [0, 0.05) is 57.9 Å². The van der Waals surface area contributed by atoms with Crippen LogP contribution in [-0.4, -0.2) is 105 Å². The van der Waals surface area contributed by atoms with Gasteiger partial charge in [0.05, 0.1) is 31.9 Å². The third-order valence-corrected chi connectivity index (χ3v) is 10.8. The van der Waals surface area contributed by atoms with Gasteiger partial charge in [-0.05, 0) is 90.8 Å². The van der Waals surface area contributed by atoms with Gasteiger partial charge in [-0.15, -0.1) is 0 Å². The van der Waals surface area contributed by atoms with Crippen LogP contribution in [-0.2, 0) is 17.6 Å². The Kier molecular flexibility index (Phi) is 14.0. The molecule has 0 aliphatic carbocycles. The van der Waals surface area contributed by atoms with E-state index in [1.807, 2.05) is 36.4 Å². The molecule has 2 aliphatic heterocycles. The average molecular weight is 799 g/mol. The normalized spacial score (nSPS) is 16.2. The number of alkyl halides is 4. The number of fused-ring (bicyclic) bond motifs is 1. The highest BCUT2D eigenvalue weighted by atomic mass is 19.4. The van der Waals surface area contributed by atoms with Crippen LogP contribution in [0.15, 0.2) is 60.7 Å². The molecule has 3 N–H and O–H groups in total. The molecule has 0 bridgehead atoms. The van der Waals surface area contributed by atoms with Crippen LogP contribution in [0.2, 0.25) is 0 Å². The quantitative estimate of drug-likeness (QED) is 0.140. The van der Waals surface area contributed by atoms with E-state index >= 15 is 0 Å². The van der Waals surface area contributed by atoms with E-state index in [2.05, 4.69) is 17.0 Å². The maximum absolute atomic E-state index is 14.2. The predicted molar refractivity (Wildman–Crippen MR) is 212 cm³/mol. The van der Waals surface area contributed by atoms with Gasteiger partial charge in [-0.1, -0.05) is 42.5 Å². The Hall–Kier alpha value is -4.95. The first-order valence-corrected chi connectivity index (χ1v) is 19.0. The highest BCUT2D eigenvalue weighted by molar-refractivity contribution is 6.01. The van der Waals surface area contributed by atoms with Gasteiger partial charge < -0.3 is 30.1 Å². The molecule has 4 aromatic rings. The SMILES string of the molecule is COc1ccc(CCN2CCC(C)(F)CC2)c(OC)c1-c1cccc2c(CCC(=O)O)cccc12.Cc1cc(N2CCN(CC(F)(F)F)CC2)cc(F)c1C(N)=O. The molecular formula is C43H51F5N4O5. The number of piperidine rings is 1. The van der Waals surface area contributed by atoms with Crippen molar-refractivity contribution in [3.63, 3.8) is 0 Å². The fourth-order valence-corrected chi connectivity index (χ4v) is 7.68. The Labute approximate surface area is 330 Å². The van der Waals surface area contributed by atoms with Crippen LogP contribution < -0.4 is 20.1 Å². The van der Waals surface area contributed by atoms with Crippen molar-refractivity contribution in [1.29, 1.82) is 0 Å². The zero-order chi connectivity index (χ0) is 41.5. The van der Waals surface area contributed by atoms with Crippen molar-refractivity contribution in [2.24, 2.45) is 5.73 Å². The zero-order valence-corrected chi connectivity index (χ0v) is 32.9. The predicted octanol–water partition coefficient (Wildman–Crippen LogP) is 7.83. The van der Waals surface area contributed by atoms with Gasteiger partial charge in [-0.2, -0.15) is 13.2 Å². The number of hydrogen-bond acceptors (Lipinski definition) is 7. The van der Waals surface area contributed by atoms with Crippen molar-refractivity contribution in [2.75, 3.05) is 71.5 Å². The van der Waals surface area contributed by atoms with Gasteiger partial charge in [-0.25, -0.2) is 8.78 Å². The van der Waals surface area contributed by atoms with E-state index in [1.54, 1.807) is 39.0 Å². The summed E-state index contributed by atoms with van der Waals surface area (Å²) < 4.78 is 76.9. The van der Waals surface area contributed by atoms with Crippen LogP contribution >= 0.6 is 0 Å². The third-order valence-electron chi connectivity index (χ3n) is 10.8. The van der Waals surface area contributed by atoms with Crippen LogP contribution in [0.1, 0.15) is 53.2 Å². The Morgan fingerprint density at radius 1 is 0.860 bits per heavy atom. The lowest BCUT2D eigenvalue weighted by atomic mass is 9.91. The summed E-state index contributed by atoms with van der Waals surface area (Å²) in [6, 6.07) is 19.0. The van der Waals surface area contributed by atoms with Crippen LogP contribution in [0.4, 0.5) is 27.6 Å². The number of halogens is 5. The molecule has 308 valence electrons. The van der Waals surface area contributed by atoms with Gasteiger partial charge in [-0.3, -0.25) is 14.5 Å². The number of likely N-dealkylation sites (tertiary alicyclic amines) is 1. The molecule has 1 amide bonds. The molecule has 6 rings (SSSR count). The number of amides is 1. The smallest absolute Gasteiger partial charge is 0.401 e. The molecule has 4 aromatic carbocycles. The van der Waals surface area contributed by atoms with Crippen molar-refractivity contribution in [1.82, 2.24) is 9.80 Å². The number of benzene rings is 4. The maximum atomic E-state index is 14.2. The number of nitrogens with zero attached hydrogens (tertiary/aromatic N) is 3. The summed E-state index contributed by atoms with van der Waals surface area (Å²) in [6.45, 7) is 5.93. The summed E-state index contributed by atoms with van der Waals surface area (Å²) >= 11 is 0. The molecule has 2 aliphatic rings. The maximum Gasteiger partial charge on any atom is 0.401 e. The van der Waals surface area contributed by atoms with Crippen molar-refractivity contribution in [2.45, 2.75) is 57.8 Å². The molecule has 0 atom stereocenters. The molecule has 0 spiro atoms. The topological polar surface area (TPSA) is 109 Å². The van der Waals surface area contributed by atoms with Crippen molar-refractivity contribution >= 4 is 28.3 Å². The first-order chi connectivity index (χ1) is 27.0. The molecule has 0 saturated carbocycles. The van der Waals surface area contributed by atoms with E-state index in [4.69, 9.17) is 20.3 Å². The minimum atomic E-state index is -4.21. The minimum absolute atomic E-state index is 0.0868. The van der Waals surface area contributed by atoms with Crippen LogP contribution in [0.5, 0.6) is 11.5 Å². The Morgan fingerprint density at radius 2 is 1.53 bits per heavy atom. The van der Waals surface area contributed by atoms with Crippen molar-refractivity contribution < 1.29 is 46.1 Å². The fraction of sp³-hybridized carbons (Fsp3) is 0.442. The fourth-order valence-electron chi connectivity index (χ4n) is 7.68. The molecule has 57 heavy (non-hydrogen) atoms. The summed E-state index contributed by atoms with van der Waals surface area (Å²) in [5.41, 5.74) is 8.83. The average Bonchev–Trinajstić information content (AvgIpc) is 3.15. The number of ether oxygens (including phenoxy) is 2. The number of anilines is 1. The number of rotatable bonds is 12. The number of carboxylic acids is 1. The van der Waals surface area contributed by atoms with E-state index in [0.29, 0.717) is 43.6 Å². The Bertz CT molecular complexity index is 2020. The Balaban J connectivity index is 0.000000242. The van der Waals surface area contributed by atoms with Crippen LogP contribution in [0.3, 0.4) is 0 Å². The van der Waals surface area contributed by atoms with Gasteiger partial charge >= 0.3 is 12.1 Å². The second-order valence-corrected chi connectivity index (χ2v) is 14.9. The van der Waals surface area contributed by atoms with E-state index in [-0.39, 0.29) is 25.1 Å². The zero-order valence-electron chi connectivity index (χ0n) is 32.9. The van der Waals surface area contributed by atoms with Crippen LogP contribution in [0, 0.1) is 12.7 Å². The number of piperazine rings is 1. The number of hydrogen-bond donors (Lipinski definition) is 2. The highest BCUT2D eigenvalue weighted by Crippen LogP contribution is 2.44. The molecular weight excluding hydrogens is 747 g/mol. The van der Waals surface area contributed by atoms with Gasteiger partial charge in [0.15, 0.2) is 0 Å². The summed E-state index contributed by atoms with van der Waals surface area (Å²) in [7, 11) is 3.34. The third kappa shape index (κ3) is 11.1. The molecule has 14 heteroatoms. The number of carbonyl (C=O) groups is 2. The van der Waals surface area contributed by atoms with E-state index in [1.165, 1.54) is 11.0 Å². The highest BCUT2D eigenvalue weighted by Gasteiger charge is 2.33. The molecule has 2 fully saturated rings. The van der Waals surface area contributed by atoms with Gasteiger partial charge in [0.1, 0.15) is 23.0 Å². The molecule has 0 aromatic heterocycles. The number of carbonyl (C=O) groups excluding carboxylic acids is 1. The standard InChI is InChI=1S/C29H34FNO4.C14H17F4N3O/c1-29(30)15-18-31(19-16-29)17-14-21-10-12-25(34-2)27(28(21)35-3)24-9-5-7-22-20(11-13-26(32)33)6-4-8-23(22)24;1-9-6-10(7-11(15)12(9)13(19)22)21-4-2-20(3-5-21)8-14(16,17)18/h4-10,12H,11,13-19H2,1-3H3,(H,32,33);6-7H,2-5,8H2,1H3,(H2,19,22). The Morgan fingerprint density at radius 3 is 2.12 bits per heavy atom. The number of aryl methyl sites for hydroxylation is 2. The monoisotopic (exact) mass is 798 g/mol. The molecule has 2 heterocycles. The number of aliphatic carboxylic acids is 1. The number of nitrogens with two attached hydrogens (primary N) is 1. The lowest BCUT2D eigenvalue weighted by molar-refractivity contribution is -0.146. The molecule has 0 radical (unpaired) electrons. The van der Waals surface area contributed by atoms with Crippen molar-refractivity contribution in [3.05, 3.63) is 88.7 Å². The van der Waals surface area contributed by atoms with Gasteiger partial charge in [0.2, 0.25) is 0 Å². The van der Waals surface area contributed by atoms with Gasteiger partial charge in [0.25, 0.3) is 5.91 Å². The summed E-state index contributed by atoms with van der Waals surface area (Å²) in [5, 5.41) is 11.2. The molecule has 0 unspecified atom stereocenters.